The van der Waals surface area contributed by atoms with Crippen LogP contribution in [0.1, 0.15) is 43.4 Å². The largest absolute Gasteiger partial charge is 0.367 e. The number of H-pyrrole nitrogens is 1. The van der Waals surface area contributed by atoms with E-state index in [-0.39, 0.29) is 35.2 Å². The van der Waals surface area contributed by atoms with Crippen molar-refractivity contribution in [1.29, 1.82) is 0 Å². The second kappa shape index (κ2) is 9.91. The fourth-order valence-corrected chi connectivity index (χ4v) is 7.82. The summed E-state index contributed by atoms with van der Waals surface area (Å²) in [5, 5.41) is 14.0. The Balaban J connectivity index is 1.26. The van der Waals surface area contributed by atoms with Gasteiger partial charge in [0.25, 0.3) is 0 Å². The number of halogens is 1. The minimum Gasteiger partial charge on any atom is -0.367 e. The van der Waals surface area contributed by atoms with Gasteiger partial charge in [-0.15, -0.1) is 0 Å². The summed E-state index contributed by atoms with van der Waals surface area (Å²) in [5.74, 6) is 0.416. The summed E-state index contributed by atoms with van der Waals surface area (Å²) in [6.07, 6.45) is 8.71. The monoisotopic (exact) mass is 536 g/mol. The highest BCUT2D eigenvalue weighted by Crippen LogP contribution is 2.39. The number of fused-ring (bicyclic) bond motifs is 3. The van der Waals surface area contributed by atoms with Gasteiger partial charge in [-0.2, -0.15) is 9.40 Å². The lowest BCUT2D eigenvalue weighted by Gasteiger charge is -2.48. The number of sulfonamides is 1. The van der Waals surface area contributed by atoms with Crippen molar-refractivity contribution in [2.24, 2.45) is 0 Å². The third-order valence-corrected chi connectivity index (χ3v) is 9.26. The van der Waals surface area contributed by atoms with Crippen LogP contribution in [0, 0.1) is 12.7 Å². The summed E-state index contributed by atoms with van der Waals surface area (Å²) in [7, 11) is -3.49. The van der Waals surface area contributed by atoms with E-state index in [9.17, 15) is 8.42 Å². The van der Waals surface area contributed by atoms with Crippen LogP contribution in [0.2, 0.25) is 0 Å². The molecule has 6 heterocycles. The molecule has 2 aliphatic rings. The van der Waals surface area contributed by atoms with Crippen molar-refractivity contribution < 1.29 is 12.8 Å². The molecule has 0 aliphatic carbocycles. The average molecular weight is 537 g/mol. The van der Waals surface area contributed by atoms with Crippen LogP contribution in [0.15, 0.2) is 48.9 Å². The third kappa shape index (κ3) is 4.81. The van der Waals surface area contributed by atoms with Crippen molar-refractivity contribution in [3.63, 3.8) is 0 Å². The van der Waals surface area contributed by atoms with Crippen LogP contribution < -0.4 is 10.6 Å². The van der Waals surface area contributed by atoms with E-state index in [1.807, 2.05) is 6.92 Å². The maximum Gasteiger partial charge on any atom is 0.218 e. The quantitative estimate of drug-likeness (QED) is 0.320. The van der Waals surface area contributed by atoms with Gasteiger partial charge in [-0.3, -0.25) is 15.1 Å². The molecule has 3 atom stereocenters. The number of aryl methyl sites for hydroxylation is 1. The summed E-state index contributed by atoms with van der Waals surface area (Å²) in [6, 6.07) is 8.59. The maximum atomic E-state index is 15.3. The van der Waals surface area contributed by atoms with Gasteiger partial charge in [0, 0.05) is 53.9 Å². The van der Waals surface area contributed by atoms with E-state index in [1.54, 1.807) is 53.2 Å². The van der Waals surface area contributed by atoms with Crippen molar-refractivity contribution in [2.75, 3.05) is 10.6 Å². The molecule has 2 saturated heterocycles. The van der Waals surface area contributed by atoms with Crippen molar-refractivity contribution in [2.45, 2.75) is 62.9 Å². The fraction of sp³-hybridized carbons (Fsp3) is 0.385. The van der Waals surface area contributed by atoms with Crippen molar-refractivity contribution in [1.82, 2.24) is 29.5 Å². The van der Waals surface area contributed by atoms with Gasteiger partial charge in [0.15, 0.2) is 17.5 Å². The van der Waals surface area contributed by atoms with Gasteiger partial charge >= 0.3 is 0 Å². The summed E-state index contributed by atoms with van der Waals surface area (Å²) in [6.45, 7) is 1.86. The minimum absolute atomic E-state index is 0.0143. The van der Waals surface area contributed by atoms with Crippen LogP contribution in [0.3, 0.4) is 0 Å². The highest BCUT2D eigenvalue weighted by Gasteiger charge is 2.44. The molecule has 4 aromatic rings. The van der Waals surface area contributed by atoms with E-state index in [1.165, 1.54) is 0 Å². The highest BCUT2D eigenvalue weighted by atomic mass is 32.2. The molecule has 10 nitrogen and oxygen atoms in total. The smallest absolute Gasteiger partial charge is 0.218 e. The molecule has 4 aromatic heterocycles. The predicted molar refractivity (Wildman–Crippen MR) is 143 cm³/mol. The van der Waals surface area contributed by atoms with Gasteiger partial charge in [-0.1, -0.05) is 6.42 Å². The Morgan fingerprint density at radius 2 is 1.87 bits per heavy atom. The molecule has 6 rings (SSSR count). The van der Waals surface area contributed by atoms with Gasteiger partial charge in [0.05, 0.1) is 5.75 Å². The first-order valence-corrected chi connectivity index (χ1v) is 14.4. The maximum absolute atomic E-state index is 15.3. The molecular formula is C26H29FN8O2S. The molecule has 1 unspecified atom stereocenters. The Labute approximate surface area is 220 Å². The van der Waals surface area contributed by atoms with Crippen LogP contribution in [0.25, 0.3) is 10.9 Å². The Morgan fingerprint density at radius 3 is 2.58 bits per heavy atom. The summed E-state index contributed by atoms with van der Waals surface area (Å²) < 4.78 is 44.0. The highest BCUT2D eigenvalue weighted by molar-refractivity contribution is 7.88. The lowest BCUT2D eigenvalue weighted by molar-refractivity contribution is 0.115. The second-order valence-electron chi connectivity index (χ2n) is 10.1. The van der Waals surface area contributed by atoms with Crippen molar-refractivity contribution in [3.05, 3.63) is 66.0 Å². The lowest BCUT2D eigenvalue weighted by Crippen LogP contribution is -2.57. The third-order valence-electron chi connectivity index (χ3n) is 7.32. The van der Waals surface area contributed by atoms with E-state index >= 15 is 4.39 Å². The molecule has 0 spiro atoms. The molecule has 3 N–H and O–H groups in total. The van der Waals surface area contributed by atoms with Crippen LogP contribution in [0.4, 0.5) is 21.8 Å². The lowest BCUT2D eigenvalue weighted by atomic mass is 9.84. The normalized spacial score (nSPS) is 21.9. The summed E-state index contributed by atoms with van der Waals surface area (Å²) >= 11 is 0. The zero-order chi connectivity index (χ0) is 26.3. The first-order chi connectivity index (χ1) is 18.4. The molecule has 0 amide bonds. The molecular weight excluding hydrogens is 507 g/mol. The van der Waals surface area contributed by atoms with E-state index < -0.39 is 15.8 Å². The number of piperidine rings is 2. The molecule has 198 valence electrons. The van der Waals surface area contributed by atoms with E-state index in [2.05, 4.69) is 35.8 Å². The van der Waals surface area contributed by atoms with Crippen molar-refractivity contribution >= 4 is 38.4 Å². The van der Waals surface area contributed by atoms with Crippen molar-refractivity contribution in [3.8, 4) is 0 Å². The van der Waals surface area contributed by atoms with Crippen LogP contribution in [-0.2, 0) is 15.8 Å². The zero-order valence-electron chi connectivity index (χ0n) is 20.9. The number of anilines is 3. The molecule has 2 aliphatic heterocycles. The van der Waals surface area contributed by atoms with E-state index in [0.29, 0.717) is 29.9 Å². The molecule has 38 heavy (non-hydrogen) atoms. The van der Waals surface area contributed by atoms with E-state index in [4.69, 9.17) is 0 Å². The number of aromatic nitrogens is 5. The molecule has 2 fully saturated rings. The Morgan fingerprint density at radius 1 is 1.11 bits per heavy atom. The Bertz CT molecular complexity index is 1550. The van der Waals surface area contributed by atoms with Crippen LogP contribution in [0.5, 0.6) is 0 Å². The number of pyridine rings is 3. The molecule has 12 heteroatoms. The molecule has 0 aromatic carbocycles. The fourth-order valence-electron chi connectivity index (χ4n) is 5.77. The topological polar surface area (TPSA) is 129 Å². The number of rotatable bonds is 7. The van der Waals surface area contributed by atoms with Gasteiger partial charge < -0.3 is 10.6 Å². The predicted octanol–water partition coefficient (Wildman–Crippen LogP) is 4.27. The SMILES string of the molecule is Cc1cc(Nc2nc(NC3C[C@H]4CCC[C@@H](C3)N4S(=O)(=O)Cc3ccncc3)c3cccnc3c2F)n[nH]1. The van der Waals surface area contributed by atoms with Crippen LogP contribution in [-0.4, -0.2) is 56.0 Å². The number of nitrogens with one attached hydrogen (secondary N) is 3. The van der Waals surface area contributed by atoms with Gasteiger partial charge in [0.1, 0.15) is 11.3 Å². The van der Waals surface area contributed by atoms with Gasteiger partial charge in [-0.05, 0) is 62.4 Å². The Kier molecular flexibility index (Phi) is 6.44. The summed E-state index contributed by atoms with van der Waals surface area (Å²) in [4.78, 5) is 12.8. The molecule has 0 saturated carbocycles. The number of hydrogen-bond acceptors (Lipinski definition) is 8. The molecule has 2 bridgehead atoms. The number of nitrogens with zero attached hydrogens (tertiary/aromatic N) is 5. The zero-order valence-corrected chi connectivity index (χ0v) is 21.7. The number of aromatic amines is 1. The van der Waals surface area contributed by atoms with Gasteiger partial charge in [-0.25, -0.2) is 17.8 Å². The average Bonchev–Trinajstić information content (AvgIpc) is 3.31. The standard InChI is InChI=1S/C26H29FN8O2S/c1-16-12-22(34-33-16)31-26-23(27)24-21(6-3-9-29-24)25(32-26)30-18-13-19-4-2-5-20(14-18)35(19)38(36,37)15-17-7-10-28-11-8-17/h3,6-12,18-20H,2,4-5,13-15H2,1H3,(H3,30,31,32,33,34)/t18?,19-,20+. The minimum atomic E-state index is -3.49. The molecule has 0 radical (unpaired) electrons. The van der Waals surface area contributed by atoms with E-state index in [0.717, 1.165) is 30.5 Å². The first-order valence-electron chi connectivity index (χ1n) is 12.8. The number of hydrogen-bond donors (Lipinski definition) is 3. The summed E-state index contributed by atoms with van der Waals surface area (Å²) in [5.41, 5.74) is 1.78. The van der Waals surface area contributed by atoms with Crippen LogP contribution >= 0.6 is 0 Å². The van der Waals surface area contributed by atoms with Gasteiger partial charge in [0.2, 0.25) is 10.0 Å². The Hall–Kier alpha value is -3.64. The first kappa shape index (κ1) is 24.7. The second-order valence-corrected chi connectivity index (χ2v) is 12.0.